The number of rotatable bonds is 4. The maximum absolute atomic E-state index is 13.4. The van der Waals surface area contributed by atoms with Crippen LogP contribution in [0, 0.1) is 12.7 Å². The number of nitrogens with two attached hydrogens (primary N) is 1. The number of aryl methyl sites for hydroxylation is 1. The Labute approximate surface area is 127 Å². The van der Waals surface area contributed by atoms with Crippen LogP contribution in [0.5, 0.6) is 0 Å². The molecule has 0 aliphatic rings. The van der Waals surface area contributed by atoms with Gasteiger partial charge in [-0.3, -0.25) is 0 Å². The van der Waals surface area contributed by atoms with Crippen molar-refractivity contribution in [3.63, 3.8) is 0 Å². The molecule has 0 saturated carbocycles. The third-order valence-corrected chi connectivity index (χ3v) is 4.72. The number of halogens is 1. The van der Waals surface area contributed by atoms with Crippen LogP contribution in [0.2, 0.25) is 0 Å². The van der Waals surface area contributed by atoms with Crippen LogP contribution in [0.3, 0.4) is 0 Å². The Morgan fingerprint density at radius 1 is 1.19 bits per heavy atom. The number of para-hydroxylation sites is 1. The van der Waals surface area contributed by atoms with Crippen LogP contribution in [-0.4, -0.2) is 11.5 Å². The Balaban J connectivity index is 2.01. The van der Waals surface area contributed by atoms with Gasteiger partial charge in [0.25, 0.3) is 0 Å². The van der Waals surface area contributed by atoms with Crippen LogP contribution >= 0.6 is 11.8 Å². The van der Waals surface area contributed by atoms with E-state index >= 15 is 0 Å². The topological polar surface area (TPSA) is 41.8 Å². The average Bonchev–Trinajstić information content (AvgIpc) is 2.87. The highest BCUT2D eigenvalue weighted by Gasteiger charge is 2.10. The highest BCUT2D eigenvalue weighted by Crippen LogP contribution is 2.36. The van der Waals surface area contributed by atoms with Gasteiger partial charge in [-0.05, 0) is 49.2 Å². The maximum atomic E-state index is 13.4. The van der Waals surface area contributed by atoms with Crippen molar-refractivity contribution in [1.82, 2.24) is 4.98 Å². The van der Waals surface area contributed by atoms with Gasteiger partial charge in [0, 0.05) is 26.9 Å². The van der Waals surface area contributed by atoms with Crippen molar-refractivity contribution in [2.24, 2.45) is 5.73 Å². The zero-order valence-electron chi connectivity index (χ0n) is 11.8. The number of fused-ring (bicyclic) bond motifs is 1. The molecule has 21 heavy (non-hydrogen) atoms. The molecule has 0 unspecified atom stereocenters. The lowest BCUT2D eigenvalue weighted by Crippen LogP contribution is -2.04. The van der Waals surface area contributed by atoms with Crippen LogP contribution in [-0.2, 0) is 6.42 Å². The Morgan fingerprint density at radius 2 is 2.05 bits per heavy atom. The number of aromatic nitrogens is 1. The second-order valence-electron chi connectivity index (χ2n) is 5.04. The molecule has 108 valence electrons. The van der Waals surface area contributed by atoms with E-state index in [4.69, 9.17) is 5.73 Å². The summed E-state index contributed by atoms with van der Waals surface area (Å²) in [5.41, 5.74) is 8.97. The van der Waals surface area contributed by atoms with E-state index in [0.717, 1.165) is 20.9 Å². The first-order valence-electron chi connectivity index (χ1n) is 6.92. The number of H-pyrrole nitrogens is 1. The van der Waals surface area contributed by atoms with E-state index in [1.807, 2.05) is 12.3 Å². The van der Waals surface area contributed by atoms with Crippen LogP contribution < -0.4 is 5.73 Å². The zero-order chi connectivity index (χ0) is 14.8. The minimum Gasteiger partial charge on any atom is -0.360 e. The summed E-state index contributed by atoms with van der Waals surface area (Å²) in [6, 6.07) is 11.2. The minimum absolute atomic E-state index is 0.211. The highest BCUT2D eigenvalue weighted by atomic mass is 32.2. The van der Waals surface area contributed by atoms with E-state index in [0.29, 0.717) is 13.0 Å². The van der Waals surface area contributed by atoms with E-state index < -0.39 is 0 Å². The second-order valence-corrected chi connectivity index (χ2v) is 6.13. The molecule has 2 aromatic carbocycles. The number of benzene rings is 2. The molecule has 1 heterocycles. The lowest BCUT2D eigenvalue weighted by molar-refractivity contribution is 0.623. The molecule has 0 bridgehead atoms. The predicted molar refractivity (Wildman–Crippen MR) is 86.3 cm³/mol. The van der Waals surface area contributed by atoms with E-state index in [9.17, 15) is 4.39 Å². The summed E-state index contributed by atoms with van der Waals surface area (Å²) in [7, 11) is 0. The fraction of sp³-hybridized carbons (Fsp3) is 0.176. The number of aromatic amines is 1. The van der Waals surface area contributed by atoms with E-state index in [-0.39, 0.29) is 5.82 Å². The van der Waals surface area contributed by atoms with Crippen molar-refractivity contribution in [1.29, 1.82) is 0 Å². The van der Waals surface area contributed by atoms with Gasteiger partial charge in [0.2, 0.25) is 0 Å². The number of hydrogen-bond donors (Lipinski definition) is 2. The quantitative estimate of drug-likeness (QED) is 0.755. The Kier molecular flexibility index (Phi) is 3.99. The first-order valence-corrected chi connectivity index (χ1v) is 7.73. The van der Waals surface area contributed by atoms with Crippen molar-refractivity contribution in [2.45, 2.75) is 23.1 Å². The molecule has 4 heteroatoms. The van der Waals surface area contributed by atoms with Gasteiger partial charge in [0.05, 0.1) is 0 Å². The second kappa shape index (κ2) is 5.92. The van der Waals surface area contributed by atoms with Crippen molar-refractivity contribution < 1.29 is 4.39 Å². The molecular formula is C17H17FN2S. The van der Waals surface area contributed by atoms with Crippen molar-refractivity contribution >= 4 is 22.7 Å². The number of nitrogens with one attached hydrogen (secondary N) is 1. The molecule has 1 aromatic heterocycles. The molecule has 0 atom stereocenters. The van der Waals surface area contributed by atoms with Crippen LogP contribution in [0.4, 0.5) is 4.39 Å². The van der Waals surface area contributed by atoms with Crippen LogP contribution in [0.15, 0.2) is 52.4 Å². The van der Waals surface area contributed by atoms with Crippen molar-refractivity contribution in [3.8, 4) is 0 Å². The standard InChI is InChI=1S/C17H17FN2S/c1-11-3-2-4-14-16(10-20-17(11)14)21-15-6-5-13(18)9-12(15)7-8-19/h2-6,9-10,20H,7-8,19H2,1H3. The van der Waals surface area contributed by atoms with Gasteiger partial charge >= 0.3 is 0 Å². The smallest absolute Gasteiger partial charge is 0.123 e. The summed E-state index contributed by atoms with van der Waals surface area (Å²) >= 11 is 1.65. The number of hydrogen-bond acceptors (Lipinski definition) is 2. The monoisotopic (exact) mass is 300 g/mol. The summed E-state index contributed by atoms with van der Waals surface area (Å²) in [6.45, 7) is 2.61. The van der Waals surface area contributed by atoms with Crippen LogP contribution in [0.1, 0.15) is 11.1 Å². The molecule has 0 aliphatic carbocycles. The van der Waals surface area contributed by atoms with E-state index in [2.05, 4.69) is 30.1 Å². The van der Waals surface area contributed by atoms with Crippen LogP contribution in [0.25, 0.3) is 10.9 Å². The molecule has 3 aromatic rings. The fourth-order valence-corrected chi connectivity index (χ4v) is 3.54. The first-order chi connectivity index (χ1) is 10.2. The lowest BCUT2D eigenvalue weighted by Gasteiger charge is -2.08. The molecule has 3 rings (SSSR count). The summed E-state index contributed by atoms with van der Waals surface area (Å²) in [5, 5.41) is 1.20. The minimum atomic E-state index is -0.211. The molecule has 2 nitrogen and oxygen atoms in total. The lowest BCUT2D eigenvalue weighted by atomic mass is 10.1. The normalized spacial score (nSPS) is 11.2. The SMILES string of the molecule is Cc1cccc2c(Sc3ccc(F)cc3CCN)c[nH]c12. The summed E-state index contributed by atoms with van der Waals surface area (Å²) in [5.74, 6) is -0.211. The molecule has 0 amide bonds. The molecule has 0 aliphatic heterocycles. The maximum Gasteiger partial charge on any atom is 0.123 e. The van der Waals surface area contributed by atoms with Gasteiger partial charge in [-0.15, -0.1) is 0 Å². The van der Waals surface area contributed by atoms with Crippen molar-refractivity contribution in [2.75, 3.05) is 6.54 Å². The predicted octanol–water partition coefficient (Wildman–Crippen LogP) is 4.27. The van der Waals surface area contributed by atoms with Gasteiger partial charge in [-0.1, -0.05) is 30.0 Å². The molecule has 0 spiro atoms. The molecular weight excluding hydrogens is 283 g/mol. The Hall–Kier alpha value is -1.78. The summed E-state index contributed by atoms with van der Waals surface area (Å²) in [6.07, 6.45) is 2.69. The molecule has 3 N–H and O–H groups in total. The van der Waals surface area contributed by atoms with E-state index in [1.54, 1.807) is 17.8 Å². The highest BCUT2D eigenvalue weighted by molar-refractivity contribution is 7.99. The largest absolute Gasteiger partial charge is 0.360 e. The Bertz CT molecular complexity index is 780. The summed E-state index contributed by atoms with van der Waals surface area (Å²) in [4.78, 5) is 5.53. The van der Waals surface area contributed by atoms with Gasteiger partial charge < -0.3 is 10.7 Å². The van der Waals surface area contributed by atoms with Gasteiger partial charge in [0.1, 0.15) is 5.82 Å². The molecule has 0 radical (unpaired) electrons. The van der Waals surface area contributed by atoms with Gasteiger partial charge in [-0.2, -0.15) is 0 Å². The zero-order valence-corrected chi connectivity index (χ0v) is 12.6. The summed E-state index contributed by atoms with van der Waals surface area (Å²) < 4.78 is 13.4. The molecule has 0 saturated heterocycles. The first kappa shape index (κ1) is 14.2. The van der Waals surface area contributed by atoms with Gasteiger partial charge in [-0.25, -0.2) is 4.39 Å². The Morgan fingerprint density at radius 3 is 2.86 bits per heavy atom. The third kappa shape index (κ3) is 2.82. The van der Waals surface area contributed by atoms with Gasteiger partial charge in [0.15, 0.2) is 0 Å². The van der Waals surface area contributed by atoms with Crippen molar-refractivity contribution in [3.05, 3.63) is 59.5 Å². The third-order valence-electron chi connectivity index (χ3n) is 3.54. The molecule has 0 fully saturated rings. The van der Waals surface area contributed by atoms with E-state index in [1.165, 1.54) is 17.0 Å². The fourth-order valence-electron chi connectivity index (χ4n) is 2.48. The average molecular weight is 300 g/mol.